The van der Waals surface area contributed by atoms with Crippen LogP contribution in [0.5, 0.6) is 5.75 Å². The first-order valence-corrected chi connectivity index (χ1v) is 17.2. The summed E-state index contributed by atoms with van der Waals surface area (Å²) in [4.78, 5) is 83.6. The number of rotatable bonds is 12. The van der Waals surface area contributed by atoms with Gasteiger partial charge in [0, 0.05) is 25.9 Å². The number of hydrogen-bond acceptors (Lipinski definition) is 8. The molecule has 3 aromatic carbocycles. The summed E-state index contributed by atoms with van der Waals surface area (Å²) in [5, 5.41) is 27.4. The van der Waals surface area contributed by atoms with Gasteiger partial charge in [0.2, 0.25) is 29.5 Å². The summed E-state index contributed by atoms with van der Waals surface area (Å²) in [6.45, 7) is -0.284. The normalized spacial score (nSPS) is 20.0. The minimum Gasteiger partial charge on any atom is -0.508 e. The van der Waals surface area contributed by atoms with Gasteiger partial charge in [0.25, 0.3) is 0 Å². The number of phenolic OH excluding ortho intramolecular Hbond substituents is 1. The second-order valence-corrected chi connectivity index (χ2v) is 12.7. The molecule has 4 rings (SSSR count). The van der Waals surface area contributed by atoms with Gasteiger partial charge >= 0.3 is 6.03 Å². The first-order valence-electron chi connectivity index (χ1n) is 17.2. The van der Waals surface area contributed by atoms with E-state index in [0.29, 0.717) is 5.56 Å². The number of guanidine groups is 1. The van der Waals surface area contributed by atoms with E-state index in [1.165, 1.54) is 12.1 Å². The predicted octanol–water partition coefficient (Wildman–Crippen LogP) is -1.10. The molecular formula is C36H46N10O7. The van der Waals surface area contributed by atoms with Gasteiger partial charge in [-0.2, -0.15) is 0 Å². The van der Waals surface area contributed by atoms with Gasteiger partial charge in [-0.05, 0) is 59.7 Å². The van der Waals surface area contributed by atoms with Crippen molar-refractivity contribution < 1.29 is 33.9 Å². The summed E-state index contributed by atoms with van der Waals surface area (Å²) in [6, 6.07) is 13.7. The van der Waals surface area contributed by atoms with Crippen LogP contribution in [0, 0.1) is 0 Å². The number of benzene rings is 3. The van der Waals surface area contributed by atoms with Crippen LogP contribution in [0.4, 0.5) is 4.79 Å². The number of urea groups is 1. The number of phenols is 1. The molecule has 1 aliphatic rings. The standard InChI is InChI=1S/C36H46N10O7/c37-35(38)40-15-3-7-27-33(51)46-28(19-22-9-12-23-5-1-2-6-24(23)17-22)31(49)42-20-30(48)43-29(18-21-10-13-25(47)14-11-21)34(52)45-26(32(50)44-27)8-4-16-41-36(39)53/h1-2,5-6,9-14,17,26-29,47H,3-4,7-8,15-16,18-20H2,(H,42,49)(H,43,48)(H,44,50)(H,45,52)(H,46,51)(H4,37,38,40)(H3,39,41,53)/t26-,27-,28-,29+/m0/s1. The van der Waals surface area contributed by atoms with Crippen molar-refractivity contribution in [3.05, 3.63) is 77.9 Å². The maximum absolute atomic E-state index is 13.9. The zero-order valence-corrected chi connectivity index (χ0v) is 29.1. The van der Waals surface area contributed by atoms with Crippen molar-refractivity contribution in [3.8, 4) is 5.75 Å². The van der Waals surface area contributed by atoms with E-state index in [-0.39, 0.29) is 63.3 Å². The Morgan fingerprint density at radius 1 is 0.698 bits per heavy atom. The minimum atomic E-state index is -1.22. The Bertz CT molecular complexity index is 1810. The third-order valence-corrected chi connectivity index (χ3v) is 8.52. The summed E-state index contributed by atoms with van der Waals surface area (Å²) in [5.74, 6) is -3.65. The summed E-state index contributed by atoms with van der Waals surface area (Å²) in [5.41, 5.74) is 17.4. The molecule has 0 bridgehead atoms. The van der Waals surface area contributed by atoms with Crippen molar-refractivity contribution in [2.45, 2.75) is 62.7 Å². The third kappa shape index (κ3) is 12.7. The second kappa shape index (κ2) is 19.3. The van der Waals surface area contributed by atoms with Gasteiger partial charge in [-0.3, -0.25) is 29.0 Å². The van der Waals surface area contributed by atoms with Gasteiger partial charge in [0.05, 0.1) is 6.54 Å². The number of nitrogens with one attached hydrogen (secondary N) is 6. The van der Waals surface area contributed by atoms with Crippen molar-refractivity contribution in [1.82, 2.24) is 31.9 Å². The number of amides is 7. The fourth-order valence-electron chi connectivity index (χ4n) is 5.80. The van der Waals surface area contributed by atoms with Crippen molar-refractivity contribution in [2.75, 3.05) is 19.6 Å². The number of hydrogen-bond donors (Lipinski definition) is 10. The molecule has 282 valence electrons. The topological polar surface area (TPSA) is 285 Å². The van der Waals surface area contributed by atoms with Crippen LogP contribution in [-0.2, 0) is 36.8 Å². The zero-order chi connectivity index (χ0) is 38.3. The molecule has 1 aliphatic heterocycles. The van der Waals surface area contributed by atoms with Crippen molar-refractivity contribution in [3.63, 3.8) is 0 Å². The number of nitrogens with zero attached hydrogens (tertiary/aromatic N) is 1. The molecular weight excluding hydrogens is 684 g/mol. The summed E-state index contributed by atoms with van der Waals surface area (Å²) in [6.07, 6.45) is 0.588. The molecule has 0 spiro atoms. The lowest BCUT2D eigenvalue weighted by atomic mass is 10.0. The number of carbonyl (C=O) groups is 6. The van der Waals surface area contributed by atoms with E-state index >= 15 is 0 Å². The van der Waals surface area contributed by atoms with Crippen LogP contribution in [0.3, 0.4) is 0 Å². The first kappa shape index (κ1) is 39.4. The predicted molar refractivity (Wildman–Crippen MR) is 197 cm³/mol. The zero-order valence-electron chi connectivity index (χ0n) is 29.1. The molecule has 17 heteroatoms. The molecule has 0 aliphatic carbocycles. The van der Waals surface area contributed by atoms with E-state index in [4.69, 9.17) is 17.2 Å². The number of aromatic hydroxyl groups is 1. The molecule has 0 unspecified atom stereocenters. The van der Waals surface area contributed by atoms with Crippen molar-refractivity contribution in [2.24, 2.45) is 22.2 Å². The lowest BCUT2D eigenvalue weighted by Gasteiger charge is -2.26. The van der Waals surface area contributed by atoms with Gasteiger partial charge in [-0.15, -0.1) is 0 Å². The molecule has 1 heterocycles. The number of carbonyl (C=O) groups excluding carboxylic acids is 6. The van der Waals surface area contributed by atoms with E-state index in [1.54, 1.807) is 12.1 Å². The lowest BCUT2D eigenvalue weighted by molar-refractivity contribution is -0.134. The molecule has 17 nitrogen and oxygen atoms in total. The maximum atomic E-state index is 13.9. The Hall–Kier alpha value is -6.39. The van der Waals surface area contributed by atoms with Gasteiger partial charge in [0.15, 0.2) is 5.96 Å². The fraction of sp³-hybridized carbons (Fsp3) is 0.361. The Kier molecular flexibility index (Phi) is 14.3. The van der Waals surface area contributed by atoms with Crippen LogP contribution >= 0.6 is 0 Å². The molecule has 7 amide bonds. The minimum absolute atomic E-state index is 0.00239. The highest BCUT2D eigenvalue weighted by molar-refractivity contribution is 5.97. The SMILES string of the molecule is NC(=O)NCCC[C@@H]1NC(=O)[C@@H](Cc2ccc(O)cc2)NC(=O)CNC(=O)[C@H](Cc2ccc3ccccc3c2)NC(=O)[C@H](CCCN=C(N)N)NC1=O. The highest BCUT2D eigenvalue weighted by Crippen LogP contribution is 2.17. The lowest BCUT2D eigenvalue weighted by Crippen LogP contribution is -2.58. The molecule has 0 radical (unpaired) electrons. The average Bonchev–Trinajstić information content (AvgIpc) is 3.12. The average molecular weight is 731 g/mol. The molecule has 53 heavy (non-hydrogen) atoms. The number of nitrogens with two attached hydrogens (primary N) is 3. The van der Waals surface area contributed by atoms with E-state index in [0.717, 1.165) is 16.3 Å². The Morgan fingerprint density at radius 3 is 1.92 bits per heavy atom. The Morgan fingerprint density at radius 2 is 1.26 bits per heavy atom. The molecule has 1 saturated heterocycles. The van der Waals surface area contributed by atoms with E-state index in [2.05, 4.69) is 36.9 Å². The van der Waals surface area contributed by atoms with Gasteiger partial charge in [0.1, 0.15) is 29.9 Å². The number of fused-ring (bicyclic) bond motifs is 1. The van der Waals surface area contributed by atoms with Gasteiger partial charge < -0.3 is 54.2 Å². The fourth-order valence-corrected chi connectivity index (χ4v) is 5.80. The van der Waals surface area contributed by atoms with Crippen LogP contribution in [-0.4, -0.2) is 90.4 Å². The summed E-state index contributed by atoms with van der Waals surface area (Å²) < 4.78 is 0. The monoisotopic (exact) mass is 730 g/mol. The smallest absolute Gasteiger partial charge is 0.312 e. The number of primary amides is 1. The second-order valence-electron chi connectivity index (χ2n) is 12.7. The highest BCUT2D eigenvalue weighted by Gasteiger charge is 2.32. The molecule has 4 atom stereocenters. The van der Waals surface area contributed by atoms with Crippen molar-refractivity contribution >= 4 is 52.3 Å². The van der Waals surface area contributed by atoms with Crippen LogP contribution < -0.4 is 49.1 Å². The summed E-state index contributed by atoms with van der Waals surface area (Å²) >= 11 is 0. The Balaban J connectivity index is 1.67. The molecule has 3 aromatic rings. The van der Waals surface area contributed by atoms with E-state index in [1.807, 2.05) is 42.5 Å². The van der Waals surface area contributed by atoms with E-state index < -0.39 is 66.3 Å². The quantitative estimate of drug-likeness (QED) is 0.0614. The van der Waals surface area contributed by atoms with Crippen LogP contribution in [0.25, 0.3) is 10.8 Å². The first-order chi connectivity index (χ1) is 25.4. The van der Waals surface area contributed by atoms with Crippen LogP contribution in [0.2, 0.25) is 0 Å². The third-order valence-electron chi connectivity index (χ3n) is 8.52. The number of aliphatic imine (C=N–C) groups is 1. The molecule has 13 N–H and O–H groups in total. The van der Waals surface area contributed by atoms with Crippen molar-refractivity contribution in [1.29, 1.82) is 0 Å². The maximum Gasteiger partial charge on any atom is 0.312 e. The molecule has 0 aromatic heterocycles. The molecule has 0 saturated carbocycles. The van der Waals surface area contributed by atoms with Crippen LogP contribution in [0.1, 0.15) is 36.8 Å². The largest absolute Gasteiger partial charge is 0.508 e. The summed E-state index contributed by atoms with van der Waals surface area (Å²) in [7, 11) is 0. The Labute approximate surface area is 305 Å². The van der Waals surface area contributed by atoms with Gasteiger partial charge in [-0.1, -0.05) is 54.6 Å². The highest BCUT2D eigenvalue weighted by atomic mass is 16.3. The van der Waals surface area contributed by atoms with Crippen LogP contribution in [0.15, 0.2) is 71.7 Å². The van der Waals surface area contributed by atoms with E-state index in [9.17, 15) is 33.9 Å². The van der Waals surface area contributed by atoms with Gasteiger partial charge in [-0.25, -0.2) is 4.79 Å². The molecule has 1 fully saturated rings.